The molecule has 1 N–H and O–H groups in total. The minimum atomic E-state index is 0.520. The summed E-state index contributed by atoms with van der Waals surface area (Å²) in [5.74, 6) is 2.74. The van der Waals surface area contributed by atoms with Crippen molar-refractivity contribution in [3.63, 3.8) is 0 Å². The van der Waals surface area contributed by atoms with Crippen LogP contribution in [0.3, 0.4) is 0 Å². The smallest absolute Gasteiger partial charge is 0.224 e. The predicted octanol–water partition coefficient (Wildman–Crippen LogP) is 2.08. The van der Waals surface area contributed by atoms with E-state index in [-0.39, 0.29) is 0 Å². The lowest BCUT2D eigenvalue weighted by Gasteiger charge is -2.21. The molecule has 1 aliphatic rings. The fraction of sp³-hybridized carbons (Fsp3) is 0.375. The standard InChI is InChI=1S/C16H20N4O2/c1-21-13-5-2-3-6-14(13)22-16-11-15(18-12-19-16)20-9-4-7-17-8-10-20/h2-3,5-6,11-12,17H,4,7-10H2,1H3. The normalized spacial score (nSPS) is 15.2. The van der Waals surface area contributed by atoms with Crippen molar-refractivity contribution in [3.05, 3.63) is 36.7 Å². The lowest BCUT2D eigenvalue weighted by Crippen LogP contribution is -2.28. The van der Waals surface area contributed by atoms with Crippen LogP contribution in [-0.2, 0) is 0 Å². The number of anilines is 1. The van der Waals surface area contributed by atoms with Crippen LogP contribution < -0.4 is 19.7 Å². The Morgan fingerprint density at radius 2 is 1.95 bits per heavy atom. The summed E-state index contributed by atoms with van der Waals surface area (Å²) >= 11 is 0. The Labute approximate surface area is 130 Å². The predicted molar refractivity (Wildman–Crippen MR) is 84.8 cm³/mol. The second kappa shape index (κ2) is 7.09. The molecule has 1 aromatic heterocycles. The zero-order valence-electron chi connectivity index (χ0n) is 12.7. The Morgan fingerprint density at radius 1 is 1.09 bits per heavy atom. The van der Waals surface area contributed by atoms with Gasteiger partial charge in [0.05, 0.1) is 7.11 Å². The van der Waals surface area contributed by atoms with Gasteiger partial charge in [-0.3, -0.25) is 0 Å². The molecule has 0 amide bonds. The number of hydrogen-bond acceptors (Lipinski definition) is 6. The average Bonchev–Trinajstić information content (AvgIpc) is 2.85. The van der Waals surface area contributed by atoms with Crippen LogP contribution in [0.1, 0.15) is 6.42 Å². The number of aromatic nitrogens is 2. The van der Waals surface area contributed by atoms with Crippen LogP contribution in [0.25, 0.3) is 0 Å². The number of para-hydroxylation sites is 2. The molecule has 0 atom stereocenters. The molecule has 3 rings (SSSR count). The quantitative estimate of drug-likeness (QED) is 0.933. The van der Waals surface area contributed by atoms with E-state index in [9.17, 15) is 0 Å². The SMILES string of the molecule is COc1ccccc1Oc1cc(N2CCCNCC2)ncn1. The maximum atomic E-state index is 5.84. The van der Waals surface area contributed by atoms with Gasteiger partial charge in [0.2, 0.25) is 5.88 Å². The van der Waals surface area contributed by atoms with Crippen molar-refractivity contribution in [2.75, 3.05) is 38.2 Å². The average molecular weight is 300 g/mol. The summed E-state index contributed by atoms with van der Waals surface area (Å²) in [4.78, 5) is 10.8. The molecule has 6 heteroatoms. The Morgan fingerprint density at radius 3 is 2.82 bits per heavy atom. The van der Waals surface area contributed by atoms with E-state index in [4.69, 9.17) is 9.47 Å². The van der Waals surface area contributed by atoms with Crippen LogP contribution in [0.5, 0.6) is 17.4 Å². The summed E-state index contributed by atoms with van der Waals surface area (Å²) in [7, 11) is 1.62. The second-order valence-electron chi connectivity index (χ2n) is 5.06. The van der Waals surface area contributed by atoms with Gasteiger partial charge in [-0.25, -0.2) is 9.97 Å². The molecule has 116 valence electrons. The number of ether oxygens (including phenoxy) is 2. The second-order valence-corrected chi connectivity index (χ2v) is 5.06. The van der Waals surface area contributed by atoms with Crippen molar-refractivity contribution in [2.45, 2.75) is 6.42 Å². The summed E-state index contributed by atoms with van der Waals surface area (Å²) in [5.41, 5.74) is 0. The minimum Gasteiger partial charge on any atom is -0.493 e. The van der Waals surface area contributed by atoms with Crippen molar-refractivity contribution < 1.29 is 9.47 Å². The molecule has 0 saturated carbocycles. The first kappa shape index (κ1) is 14.6. The zero-order chi connectivity index (χ0) is 15.2. The minimum absolute atomic E-state index is 0.520. The molecule has 1 fully saturated rings. The molecule has 0 unspecified atom stereocenters. The summed E-state index contributed by atoms with van der Waals surface area (Å²) in [5, 5.41) is 3.38. The van der Waals surface area contributed by atoms with Crippen molar-refractivity contribution >= 4 is 5.82 Å². The molecule has 2 heterocycles. The van der Waals surface area contributed by atoms with E-state index in [0.717, 1.165) is 38.4 Å². The molecule has 1 aliphatic heterocycles. The molecular formula is C16H20N4O2. The number of nitrogens with one attached hydrogen (secondary N) is 1. The van der Waals surface area contributed by atoms with Crippen LogP contribution in [-0.4, -0.2) is 43.3 Å². The zero-order valence-corrected chi connectivity index (χ0v) is 12.7. The summed E-state index contributed by atoms with van der Waals surface area (Å²) in [6.45, 7) is 3.93. The molecule has 0 radical (unpaired) electrons. The van der Waals surface area contributed by atoms with E-state index in [1.807, 2.05) is 30.3 Å². The van der Waals surface area contributed by atoms with Gasteiger partial charge in [-0.1, -0.05) is 12.1 Å². The van der Waals surface area contributed by atoms with Gasteiger partial charge in [-0.2, -0.15) is 0 Å². The number of hydrogen-bond donors (Lipinski definition) is 1. The molecule has 0 aliphatic carbocycles. The maximum Gasteiger partial charge on any atom is 0.224 e. The van der Waals surface area contributed by atoms with E-state index in [2.05, 4.69) is 20.2 Å². The van der Waals surface area contributed by atoms with E-state index in [1.54, 1.807) is 13.4 Å². The Bertz CT molecular complexity index is 613. The largest absolute Gasteiger partial charge is 0.493 e. The number of benzene rings is 1. The summed E-state index contributed by atoms with van der Waals surface area (Å²) in [6.07, 6.45) is 2.64. The maximum absolute atomic E-state index is 5.84. The highest BCUT2D eigenvalue weighted by atomic mass is 16.5. The summed E-state index contributed by atoms with van der Waals surface area (Å²) < 4.78 is 11.1. The number of nitrogens with zero attached hydrogens (tertiary/aromatic N) is 3. The van der Waals surface area contributed by atoms with Crippen LogP contribution in [0.2, 0.25) is 0 Å². The highest BCUT2D eigenvalue weighted by molar-refractivity contribution is 5.45. The van der Waals surface area contributed by atoms with Crippen molar-refractivity contribution in [2.24, 2.45) is 0 Å². The van der Waals surface area contributed by atoms with Crippen LogP contribution in [0, 0.1) is 0 Å². The van der Waals surface area contributed by atoms with E-state index >= 15 is 0 Å². The monoisotopic (exact) mass is 300 g/mol. The van der Waals surface area contributed by atoms with Gasteiger partial charge in [0.25, 0.3) is 0 Å². The first-order chi connectivity index (χ1) is 10.9. The van der Waals surface area contributed by atoms with Crippen molar-refractivity contribution in [1.29, 1.82) is 0 Å². The van der Waals surface area contributed by atoms with Crippen molar-refractivity contribution in [3.8, 4) is 17.4 Å². The fourth-order valence-corrected chi connectivity index (χ4v) is 2.45. The number of rotatable bonds is 4. The number of methoxy groups -OCH3 is 1. The Balaban J connectivity index is 1.78. The Hall–Kier alpha value is -2.34. The highest BCUT2D eigenvalue weighted by Gasteiger charge is 2.13. The van der Waals surface area contributed by atoms with Gasteiger partial charge in [0.1, 0.15) is 12.1 Å². The molecule has 1 aromatic carbocycles. The van der Waals surface area contributed by atoms with Gasteiger partial charge in [0, 0.05) is 25.7 Å². The molecule has 2 aromatic rings. The third kappa shape index (κ3) is 3.46. The molecule has 22 heavy (non-hydrogen) atoms. The van der Waals surface area contributed by atoms with Crippen molar-refractivity contribution in [1.82, 2.24) is 15.3 Å². The first-order valence-corrected chi connectivity index (χ1v) is 7.45. The fourth-order valence-electron chi connectivity index (χ4n) is 2.45. The third-order valence-electron chi connectivity index (χ3n) is 3.58. The van der Waals surface area contributed by atoms with Crippen LogP contribution in [0.4, 0.5) is 5.82 Å². The summed E-state index contributed by atoms with van der Waals surface area (Å²) in [6, 6.07) is 9.40. The molecule has 1 saturated heterocycles. The molecule has 0 bridgehead atoms. The lowest BCUT2D eigenvalue weighted by molar-refractivity contribution is 0.374. The van der Waals surface area contributed by atoms with Gasteiger partial charge in [-0.05, 0) is 25.1 Å². The van der Waals surface area contributed by atoms with E-state index in [0.29, 0.717) is 17.4 Å². The molecule has 0 spiro atoms. The van der Waals surface area contributed by atoms with Gasteiger partial charge >= 0.3 is 0 Å². The van der Waals surface area contributed by atoms with Gasteiger partial charge < -0.3 is 19.7 Å². The molecular weight excluding hydrogens is 280 g/mol. The first-order valence-electron chi connectivity index (χ1n) is 7.45. The topological polar surface area (TPSA) is 59.5 Å². The van der Waals surface area contributed by atoms with Gasteiger partial charge in [0.15, 0.2) is 11.5 Å². The van der Waals surface area contributed by atoms with Crippen LogP contribution >= 0.6 is 0 Å². The highest BCUT2D eigenvalue weighted by Crippen LogP contribution is 2.30. The van der Waals surface area contributed by atoms with E-state index < -0.39 is 0 Å². The third-order valence-corrected chi connectivity index (χ3v) is 3.58. The van der Waals surface area contributed by atoms with Crippen LogP contribution in [0.15, 0.2) is 36.7 Å². The van der Waals surface area contributed by atoms with Gasteiger partial charge in [-0.15, -0.1) is 0 Å². The Kier molecular flexibility index (Phi) is 4.70. The van der Waals surface area contributed by atoms with E-state index in [1.165, 1.54) is 0 Å². The molecule has 6 nitrogen and oxygen atoms in total. The lowest BCUT2D eigenvalue weighted by atomic mass is 10.3.